The van der Waals surface area contributed by atoms with Crippen molar-refractivity contribution in [2.45, 2.75) is 64.1 Å². The van der Waals surface area contributed by atoms with E-state index in [1.165, 1.54) is 9.80 Å². The van der Waals surface area contributed by atoms with Crippen LogP contribution in [0.25, 0.3) is 0 Å². The van der Waals surface area contributed by atoms with E-state index in [9.17, 15) is 19.2 Å². The van der Waals surface area contributed by atoms with Crippen LogP contribution in [0.5, 0.6) is 0 Å². The van der Waals surface area contributed by atoms with Gasteiger partial charge in [-0.15, -0.1) is 0 Å². The van der Waals surface area contributed by atoms with Crippen LogP contribution in [-0.4, -0.2) is 52.1 Å². The van der Waals surface area contributed by atoms with Gasteiger partial charge < -0.3 is 10.2 Å². The molecule has 0 bridgehead atoms. The second-order valence-corrected chi connectivity index (χ2v) is 10.1. The summed E-state index contributed by atoms with van der Waals surface area (Å²) in [7, 11) is 0. The van der Waals surface area contributed by atoms with E-state index in [1.807, 2.05) is 0 Å². The summed E-state index contributed by atoms with van der Waals surface area (Å²) in [5.41, 5.74) is 1.32. The molecule has 2 aliphatic rings. The van der Waals surface area contributed by atoms with Crippen molar-refractivity contribution in [1.82, 2.24) is 15.1 Å². The Hall–Kier alpha value is -2.90. The lowest BCUT2D eigenvalue weighted by Crippen LogP contribution is -2.49. The molecule has 2 aromatic rings. The molecule has 7 nitrogen and oxygen atoms in total. The van der Waals surface area contributed by atoms with E-state index in [0.717, 1.165) is 25.7 Å². The molecule has 2 aromatic carbocycles. The van der Waals surface area contributed by atoms with Crippen molar-refractivity contribution >= 4 is 46.8 Å². The van der Waals surface area contributed by atoms with Gasteiger partial charge in [-0.25, -0.2) is 0 Å². The molecule has 36 heavy (non-hydrogen) atoms. The van der Waals surface area contributed by atoms with Crippen molar-refractivity contribution in [3.05, 3.63) is 69.2 Å². The Morgan fingerprint density at radius 3 is 2.17 bits per heavy atom. The largest absolute Gasteiger partial charge is 0.352 e. The van der Waals surface area contributed by atoms with Gasteiger partial charge in [0.05, 0.1) is 11.1 Å². The molecular weight excluding hydrogens is 501 g/mol. The maximum atomic E-state index is 13.4. The highest BCUT2D eigenvalue weighted by molar-refractivity contribution is 6.36. The van der Waals surface area contributed by atoms with Gasteiger partial charge in [0.1, 0.15) is 6.04 Å². The normalized spacial score (nSPS) is 16.2. The van der Waals surface area contributed by atoms with Gasteiger partial charge in [0.25, 0.3) is 11.8 Å². The summed E-state index contributed by atoms with van der Waals surface area (Å²) in [5, 5.41) is 3.88. The Balaban J connectivity index is 1.44. The minimum atomic E-state index is -0.746. The zero-order chi connectivity index (χ0) is 25.8. The third-order valence-electron chi connectivity index (χ3n) is 6.91. The highest BCUT2D eigenvalue weighted by atomic mass is 35.5. The molecule has 0 unspecified atom stereocenters. The number of amides is 4. The molecule has 1 aliphatic carbocycles. The molecule has 1 N–H and O–H groups in total. The number of carbonyl (C=O) groups excluding carboxylic acids is 4. The van der Waals surface area contributed by atoms with Crippen LogP contribution in [0, 0.1) is 0 Å². The zero-order valence-electron chi connectivity index (χ0n) is 20.1. The number of hydrogen-bond donors (Lipinski definition) is 1. The van der Waals surface area contributed by atoms with Crippen LogP contribution < -0.4 is 5.32 Å². The molecule has 0 spiro atoms. The topological polar surface area (TPSA) is 86.8 Å². The summed E-state index contributed by atoms with van der Waals surface area (Å²) in [6.07, 6.45) is 4.35. The Morgan fingerprint density at radius 1 is 1.00 bits per heavy atom. The fourth-order valence-corrected chi connectivity index (χ4v) is 5.32. The van der Waals surface area contributed by atoms with E-state index in [-0.39, 0.29) is 55.6 Å². The van der Waals surface area contributed by atoms with Gasteiger partial charge >= 0.3 is 0 Å². The molecule has 1 heterocycles. The van der Waals surface area contributed by atoms with Crippen LogP contribution in [0.2, 0.25) is 10.0 Å². The van der Waals surface area contributed by atoms with E-state index in [4.69, 9.17) is 23.2 Å². The molecular formula is C27H29Cl2N3O4. The summed E-state index contributed by atoms with van der Waals surface area (Å²) in [6.45, 7) is 1.88. The fraction of sp³-hybridized carbons (Fsp3) is 0.407. The van der Waals surface area contributed by atoms with E-state index in [0.29, 0.717) is 26.7 Å². The number of rotatable bonds is 9. The van der Waals surface area contributed by atoms with Crippen LogP contribution in [0.4, 0.5) is 0 Å². The van der Waals surface area contributed by atoms with Crippen LogP contribution in [0.3, 0.4) is 0 Å². The van der Waals surface area contributed by atoms with E-state index >= 15 is 0 Å². The Bertz CT molecular complexity index is 1120. The second-order valence-electron chi connectivity index (χ2n) is 9.30. The maximum absolute atomic E-state index is 13.4. The standard InChI is InChI=1S/C27H29Cl2N3O4/c1-17(25(34)30-18-8-2-3-9-18)32(16-21-22(28)12-6-13-23(21)29)24(33)14-7-15-31-26(35)19-10-4-5-11-20(19)27(31)36/h4-6,10-13,17-18H,2-3,7-9,14-16H2,1H3,(H,30,34)/t17-/m0/s1. The molecule has 9 heteroatoms. The third-order valence-corrected chi connectivity index (χ3v) is 7.62. The molecule has 1 fully saturated rings. The first kappa shape index (κ1) is 26.2. The molecule has 1 aliphatic heterocycles. The smallest absolute Gasteiger partial charge is 0.261 e. The lowest BCUT2D eigenvalue weighted by atomic mass is 10.1. The molecule has 1 atom stereocenters. The van der Waals surface area contributed by atoms with E-state index < -0.39 is 6.04 Å². The number of imide groups is 1. The molecule has 4 rings (SSSR count). The van der Waals surface area contributed by atoms with Gasteiger partial charge in [-0.2, -0.15) is 0 Å². The van der Waals surface area contributed by atoms with Crippen molar-refractivity contribution in [2.24, 2.45) is 0 Å². The lowest BCUT2D eigenvalue weighted by Gasteiger charge is -2.30. The summed E-state index contributed by atoms with van der Waals surface area (Å²) in [6, 6.07) is 11.2. The van der Waals surface area contributed by atoms with Gasteiger partial charge in [0.15, 0.2) is 0 Å². The number of fused-ring (bicyclic) bond motifs is 1. The van der Waals surface area contributed by atoms with Crippen molar-refractivity contribution in [1.29, 1.82) is 0 Å². The maximum Gasteiger partial charge on any atom is 0.261 e. The van der Waals surface area contributed by atoms with Crippen molar-refractivity contribution in [3.63, 3.8) is 0 Å². The zero-order valence-corrected chi connectivity index (χ0v) is 21.6. The van der Waals surface area contributed by atoms with Gasteiger partial charge in [-0.1, -0.05) is 54.2 Å². The minimum absolute atomic E-state index is 0.0521. The molecule has 0 aromatic heterocycles. The minimum Gasteiger partial charge on any atom is -0.352 e. The Morgan fingerprint density at radius 2 is 1.58 bits per heavy atom. The molecule has 190 valence electrons. The van der Waals surface area contributed by atoms with Gasteiger partial charge in [0.2, 0.25) is 11.8 Å². The number of nitrogens with zero attached hydrogens (tertiary/aromatic N) is 2. The number of hydrogen-bond acceptors (Lipinski definition) is 4. The van der Waals surface area contributed by atoms with Crippen molar-refractivity contribution in [3.8, 4) is 0 Å². The number of nitrogens with one attached hydrogen (secondary N) is 1. The highest BCUT2D eigenvalue weighted by Crippen LogP contribution is 2.28. The average molecular weight is 530 g/mol. The summed E-state index contributed by atoms with van der Waals surface area (Å²) in [4.78, 5) is 54.3. The predicted molar refractivity (Wildman–Crippen MR) is 138 cm³/mol. The number of halogens is 2. The quantitative estimate of drug-likeness (QED) is 0.470. The number of benzene rings is 2. The van der Waals surface area contributed by atoms with E-state index in [2.05, 4.69) is 5.32 Å². The van der Waals surface area contributed by atoms with Gasteiger partial charge in [-0.05, 0) is 50.5 Å². The first-order valence-electron chi connectivity index (χ1n) is 12.3. The van der Waals surface area contributed by atoms with Crippen molar-refractivity contribution in [2.75, 3.05) is 6.54 Å². The predicted octanol–water partition coefficient (Wildman–Crippen LogP) is 4.85. The lowest BCUT2D eigenvalue weighted by molar-refractivity contribution is -0.141. The molecule has 4 amide bonds. The van der Waals surface area contributed by atoms with Gasteiger partial charge in [0, 0.05) is 41.2 Å². The molecule has 1 saturated carbocycles. The third kappa shape index (κ3) is 5.57. The highest BCUT2D eigenvalue weighted by Gasteiger charge is 2.35. The summed E-state index contributed by atoms with van der Waals surface area (Å²) in [5.74, 6) is -1.21. The van der Waals surface area contributed by atoms with Gasteiger partial charge in [-0.3, -0.25) is 24.1 Å². The Kier molecular flexibility index (Phi) is 8.32. The first-order valence-corrected chi connectivity index (χ1v) is 13.0. The summed E-state index contributed by atoms with van der Waals surface area (Å²) < 4.78 is 0. The molecule has 0 saturated heterocycles. The van der Waals surface area contributed by atoms with E-state index in [1.54, 1.807) is 49.4 Å². The van der Waals surface area contributed by atoms with Crippen molar-refractivity contribution < 1.29 is 19.2 Å². The van der Waals surface area contributed by atoms with Crippen LogP contribution in [-0.2, 0) is 16.1 Å². The average Bonchev–Trinajstić information content (AvgIpc) is 3.46. The SMILES string of the molecule is C[C@@H](C(=O)NC1CCCC1)N(Cc1c(Cl)cccc1Cl)C(=O)CCCN1C(=O)c2ccccc2C1=O. The van der Waals surface area contributed by atoms with Crippen LogP contribution in [0.1, 0.15) is 71.7 Å². The van der Waals surface area contributed by atoms with Crippen LogP contribution >= 0.6 is 23.2 Å². The monoisotopic (exact) mass is 529 g/mol. The Labute approximate surface area is 220 Å². The summed E-state index contributed by atoms with van der Waals surface area (Å²) >= 11 is 12.7. The first-order chi connectivity index (χ1) is 17.3. The van der Waals surface area contributed by atoms with Crippen LogP contribution in [0.15, 0.2) is 42.5 Å². The number of carbonyl (C=O) groups is 4. The molecule has 0 radical (unpaired) electrons. The second kappa shape index (κ2) is 11.4. The fourth-order valence-electron chi connectivity index (χ4n) is 4.80.